The van der Waals surface area contributed by atoms with Gasteiger partial charge in [-0.05, 0) is 54.6 Å². The van der Waals surface area contributed by atoms with E-state index in [1.807, 2.05) is 0 Å². The van der Waals surface area contributed by atoms with Crippen molar-refractivity contribution < 1.29 is 18.7 Å². The first-order valence-corrected chi connectivity index (χ1v) is 8.18. The molecule has 136 valence electrons. The van der Waals surface area contributed by atoms with Crippen molar-refractivity contribution in [3.05, 3.63) is 89.7 Å². The molecule has 0 aliphatic carbocycles. The molecular weight excluding hydrogens is 347 g/mol. The third-order valence-corrected chi connectivity index (χ3v) is 3.85. The Labute approximate surface area is 155 Å². The number of nitrogens with one attached hydrogen (secondary N) is 2. The quantitative estimate of drug-likeness (QED) is 0.708. The van der Waals surface area contributed by atoms with Gasteiger partial charge in [-0.3, -0.25) is 9.59 Å². The molecule has 0 unspecified atom stereocenters. The van der Waals surface area contributed by atoms with Gasteiger partial charge in [0.15, 0.2) is 0 Å². The number of para-hydroxylation sites is 1. The number of anilines is 2. The highest BCUT2D eigenvalue weighted by atomic mass is 19.1. The molecule has 6 heteroatoms. The summed E-state index contributed by atoms with van der Waals surface area (Å²) in [6.07, 6.45) is 0. The average Bonchev–Trinajstić information content (AvgIpc) is 2.70. The van der Waals surface area contributed by atoms with Gasteiger partial charge in [0.2, 0.25) is 0 Å². The second kappa shape index (κ2) is 8.14. The first kappa shape index (κ1) is 18.1. The Morgan fingerprint density at radius 1 is 0.852 bits per heavy atom. The fraction of sp³-hybridized carbons (Fsp3) is 0.0476. The number of benzene rings is 3. The summed E-state index contributed by atoms with van der Waals surface area (Å²) >= 11 is 0. The fourth-order valence-corrected chi connectivity index (χ4v) is 2.48. The maximum absolute atomic E-state index is 13.0. The lowest BCUT2D eigenvalue weighted by Crippen LogP contribution is -2.18. The van der Waals surface area contributed by atoms with Gasteiger partial charge in [0.1, 0.15) is 11.6 Å². The van der Waals surface area contributed by atoms with Gasteiger partial charge in [-0.15, -0.1) is 0 Å². The molecule has 0 saturated heterocycles. The Morgan fingerprint density at radius 2 is 1.59 bits per heavy atom. The molecule has 3 aromatic rings. The molecule has 0 radical (unpaired) electrons. The summed E-state index contributed by atoms with van der Waals surface area (Å²) in [5.41, 5.74) is 1.52. The standard InChI is InChI=1S/C21H17FN2O3/c1-27-17-6-4-5-14(13-17)20(25)24-19-8-3-2-7-18(19)21(26)23-16-11-9-15(22)10-12-16/h2-13H,1H3,(H,23,26)(H,24,25). The molecule has 2 amide bonds. The highest BCUT2D eigenvalue weighted by molar-refractivity contribution is 6.12. The third kappa shape index (κ3) is 4.49. The summed E-state index contributed by atoms with van der Waals surface area (Å²) in [5, 5.41) is 5.42. The van der Waals surface area contributed by atoms with Crippen molar-refractivity contribution in [3.8, 4) is 5.75 Å². The highest BCUT2D eigenvalue weighted by Crippen LogP contribution is 2.20. The second-order valence-corrected chi connectivity index (χ2v) is 5.69. The number of hydrogen-bond acceptors (Lipinski definition) is 3. The van der Waals surface area contributed by atoms with E-state index in [2.05, 4.69) is 10.6 Å². The van der Waals surface area contributed by atoms with Gasteiger partial charge in [0.05, 0.1) is 18.4 Å². The van der Waals surface area contributed by atoms with Gasteiger partial charge < -0.3 is 15.4 Å². The molecule has 0 saturated carbocycles. The topological polar surface area (TPSA) is 67.4 Å². The van der Waals surface area contributed by atoms with Crippen molar-refractivity contribution in [2.75, 3.05) is 17.7 Å². The zero-order valence-electron chi connectivity index (χ0n) is 14.5. The fourth-order valence-electron chi connectivity index (χ4n) is 2.48. The number of halogens is 1. The van der Waals surface area contributed by atoms with Gasteiger partial charge in [-0.25, -0.2) is 4.39 Å². The van der Waals surface area contributed by atoms with Crippen LogP contribution in [0.4, 0.5) is 15.8 Å². The molecule has 2 N–H and O–H groups in total. The minimum absolute atomic E-state index is 0.290. The van der Waals surface area contributed by atoms with Gasteiger partial charge in [-0.1, -0.05) is 18.2 Å². The third-order valence-electron chi connectivity index (χ3n) is 3.85. The number of hydrogen-bond donors (Lipinski definition) is 2. The van der Waals surface area contributed by atoms with Gasteiger partial charge in [-0.2, -0.15) is 0 Å². The second-order valence-electron chi connectivity index (χ2n) is 5.69. The number of ether oxygens (including phenoxy) is 1. The molecule has 0 spiro atoms. The first-order chi connectivity index (χ1) is 13.1. The van der Waals surface area contributed by atoms with Crippen molar-refractivity contribution in [1.82, 2.24) is 0 Å². The smallest absolute Gasteiger partial charge is 0.257 e. The Morgan fingerprint density at radius 3 is 2.33 bits per heavy atom. The Balaban J connectivity index is 1.79. The van der Waals surface area contributed by atoms with Crippen LogP contribution in [0.15, 0.2) is 72.8 Å². The van der Waals surface area contributed by atoms with E-state index in [1.54, 1.807) is 48.5 Å². The molecule has 0 heterocycles. The summed E-state index contributed by atoms with van der Waals surface area (Å²) in [7, 11) is 1.52. The van der Waals surface area contributed by atoms with Crippen LogP contribution in [-0.2, 0) is 0 Å². The molecule has 0 atom stereocenters. The van der Waals surface area contributed by atoms with Crippen LogP contribution >= 0.6 is 0 Å². The number of rotatable bonds is 5. The molecule has 0 aliphatic heterocycles. The molecule has 3 aromatic carbocycles. The Hall–Kier alpha value is -3.67. The Kier molecular flexibility index (Phi) is 5.47. The normalized spacial score (nSPS) is 10.1. The van der Waals surface area contributed by atoms with E-state index in [4.69, 9.17) is 4.74 Å². The lowest BCUT2D eigenvalue weighted by atomic mass is 10.1. The van der Waals surface area contributed by atoms with Crippen LogP contribution in [0.3, 0.4) is 0 Å². The molecule has 5 nitrogen and oxygen atoms in total. The van der Waals surface area contributed by atoms with Crippen molar-refractivity contribution in [1.29, 1.82) is 0 Å². The van der Waals surface area contributed by atoms with Gasteiger partial charge >= 0.3 is 0 Å². The predicted octanol–water partition coefficient (Wildman–Crippen LogP) is 4.34. The van der Waals surface area contributed by atoms with Crippen LogP contribution < -0.4 is 15.4 Å². The SMILES string of the molecule is COc1cccc(C(=O)Nc2ccccc2C(=O)Nc2ccc(F)cc2)c1. The van der Waals surface area contributed by atoms with Crippen LogP contribution in [0.2, 0.25) is 0 Å². The van der Waals surface area contributed by atoms with E-state index in [0.29, 0.717) is 22.7 Å². The van der Waals surface area contributed by atoms with Gasteiger partial charge in [0.25, 0.3) is 11.8 Å². The molecular formula is C21H17FN2O3. The zero-order valence-corrected chi connectivity index (χ0v) is 14.5. The summed E-state index contributed by atoms with van der Waals surface area (Å²) in [5.74, 6) is -0.608. The number of carbonyl (C=O) groups is 2. The predicted molar refractivity (Wildman–Crippen MR) is 102 cm³/mol. The first-order valence-electron chi connectivity index (χ1n) is 8.18. The minimum atomic E-state index is -0.414. The van der Waals surface area contributed by atoms with Gasteiger partial charge in [0, 0.05) is 11.3 Å². The van der Waals surface area contributed by atoms with Crippen molar-refractivity contribution in [2.45, 2.75) is 0 Å². The molecule has 27 heavy (non-hydrogen) atoms. The van der Waals surface area contributed by atoms with Crippen LogP contribution in [-0.4, -0.2) is 18.9 Å². The summed E-state index contributed by atoms with van der Waals surface area (Å²) in [4.78, 5) is 25.1. The number of carbonyl (C=O) groups excluding carboxylic acids is 2. The van der Waals surface area contributed by atoms with Crippen LogP contribution in [0, 0.1) is 5.82 Å². The lowest BCUT2D eigenvalue weighted by molar-refractivity contribution is 0.102. The van der Waals surface area contributed by atoms with Crippen molar-refractivity contribution in [2.24, 2.45) is 0 Å². The molecule has 0 aromatic heterocycles. The maximum Gasteiger partial charge on any atom is 0.257 e. The average molecular weight is 364 g/mol. The van der Waals surface area contributed by atoms with E-state index in [-0.39, 0.29) is 17.3 Å². The monoisotopic (exact) mass is 364 g/mol. The van der Waals surface area contributed by atoms with E-state index in [0.717, 1.165) is 0 Å². The molecule has 3 rings (SSSR count). The number of methoxy groups -OCH3 is 1. The minimum Gasteiger partial charge on any atom is -0.497 e. The van der Waals surface area contributed by atoms with Crippen LogP contribution in [0.5, 0.6) is 5.75 Å². The Bertz CT molecular complexity index is 971. The summed E-state index contributed by atoms with van der Waals surface area (Å²) in [6, 6.07) is 18.8. The molecule has 0 bridgehead atoms. The van der Waals surface area contributed by atoms with E-state index < -0.39 is 5.91 Å². The van der Waals surface area contributed by atoms with E-state index >= 15 is 0 Å². The largest absolute Gasteiger partial charge is 0.497 e. The van der Waals surface area contributed by atoms with E-state index in [9.17, 15) is 14.0 Å². The zero-order chi connectivity index (χ0) is 19.2. The van der Waals surface area contributed by atoms with Crippen LogP contribution in [0.1, 0.15) is 20.7 Å². The summed E-state index contributed by atoms with van der Waals surface area (Å²) < 4.78 is 18.1. The number of amides is 2. The van der Waals surface area contributed by atoms with Crippen molar-refractivity contribution >= 4 is 23.2 Å². The summed E-state index contributed by atoms with van der Waals surface area (Å²) in [6.45, 7) is 0. The maximum atomic E-state index is 13.0. The molecule has 0 fully saturated rings. The van der Waals surface area contributed by atoms with Crippen LogP contribution in [0.25, 0.3) is 0 Å². The van der Waals surface area contributed by atoms with E-state index in [1.165, 1.54) is 31.4 Å². The highest BCUT2D eigenvalue weighted by Gasteiger charge is 2.14. The lowest BCUT2D eigenvalue weighted by Gasteiger charge is -2.12. The molecule has 0 aliphatic rings. The van der Waals surface area contributed by atoms with Crippen molar-refractivity contribution in [3.63, 3.8) is 0 Å².